The summed E-state index contributed by atoms with van der Waals surface area (Å²) >= 11 is 0. The van der Waals surface area contributed by atoms with Crippen molar-refractivity contribution in [3.8, 4) is 0 Å². The summed E-state index contributed by atoms with van der Waals surface area (Å²) in [5, 5.41) is 0. The minimum Gasteiger partial charge on any atom is -0.372 e. The molecule has 2 atom stereocenters. The van der Waals surface area contributed by atoms with Crippen molar-refractivity contribution < 1.29 is 4.39 Å². The van der Waals surface area contributed by atoms with Gasteiger partial charge in [0.15, 0.2) is 0 Å². The highest BCUT2D eigenvalue weighted by atomic mass is 19.1. The average molecular weight is 280 g/mol. The van der Waals surface area contributed by atoms with Crippen LogP contribution in [0.4, 0.5) is 10.1 Å². The Labute approximate surface area is 123 Å². The molecule has 0 bridgehead atoms. The molecule has 0 saturated heterocycles. The van der Waals surface area contributed by atoms with Crippen LogP contribution in [0.2, 0.25) is 0 Å². The molecule has 0 spiro atoms. The molecule has 0 radical (unpaired) electrons. The number of halogens is 1. The Hall–Kier alpha value is -1.09. The van der Waals surface area contributed by atoms with Crippen molar-refractivity contribution in [3.63, 3.8) is 0 Å². The predicted octanol–water partition coefficient (Wildman–Crippen LogP) is 3.98. The second-order valence-corrected chi connectivity index (χ2v) is 6.20. The third-order valence-electron chi connectivity index (χ3n) is 3.94. The Morgan fingerprint density at radius 2 is 1.90 bits per heavy atom. The molecule has 1 aromatic carbocycles. The van der Waals surface area contributed by atoms with E-state index in [1.165, 1.54) is 6.07 Å². The van der Waals surface area contributed by atoms with Gasteiger partial charge < -0.3 is 10.6 Å². The first-order valence-electron chi connectivity index (χ1n) is 7.62. The van der Waals surface area contributed by atoms with E-state index in [4.69, 9.17) is 5.73 Å². The van der Waals surface area contributed by atoms with Crippen LogP contribution in [0.1, 0.15) is 46.1 Å². The predicted molar refractivity (Wildman–Crippen MR) is 85.7 cm³/mol. The van der Waals surface area contributed by atoms with Gasteiger partial charge in [0, 0.05) is 30.4 Å². The number of rotatable bonds is 7. The van der Waals surface area contributed by atoms with Crippen molar-refractivity contribution in [2.75, 3.05) is 11.9 Å². The molecule has 0 aliphatic rings. The van der Waals surface area contributed by atoms with Crippen LogP contribution in [-0.2, 0) is 6.42 Å². The van der Waals surface area contributed by atoms with Gasteiger partial charge in [-0.05, 0) is 44.2 Å². The first-order valence-corrected chi connectivity index (χ1v) is 7.62. The van der Waals surface area contributed by atoms with E-state index in [-0.39, 0.29) is 11.9 Å². The molecule has 114 valence electrons. The largest absolute Gasteiger partial charge is 0.372 e. The van der Waals surface area contributed by atoms with E-state index in [2.05, 4.69) is 25.7 Å². The van der Waals surface area contributed by atoms with Crippen LogP contribution in [0.25, 0.3) is 0 Å². The van der Waals surface area contributed by atoms with Crippen LogP contribution >= 0.6 is 0 Å². The fraction of sp³-hybridized carbons (Fsp3) is 0.647. The first kappa shape index (κ1) is 17.0. The second-order valence-electron chi connectivity index (χ2n) is 6.20. The standard InChI is InChI=1S/C17H29FN2/c1-6-14(19)11-15-16(18)8-7-9-17(15)20(5)13(4)10-12(2)3/h7-9,12-14H,6,10-11,19H2,1-5H3. The number of anilines is 1. The summed E-state index contributed by atoms with van der Waals surface area (Å²) in [5.74, 6) is 0.484. The number of nitrogens with two attached hydrogens (primary N) is 1. The fourth-order valence-electron chi connectivity index (χ4n) is 2.56. The molecule has 0 heterocycles. The topological polar surface area (TPSA) is 29.3 Å². The summed E-state index contributed by atoms with van der Waals surface area (Å²) in [6.07, 6.45) is 2.54. The molecule has 2 N–H and O–H groups in total. The van der Waals surface area contributed by atoms with Gasteiger partial charge >= 0.3 is 0 Å². The van der Waals surface area contributed by atoms with Crippen molar-refractivity contribution >= 4 is 5.69 Å². The summed E-state index contributed by atoms with van der Waals surface area (Å²) in [6, 6.07) is 5.71. The highest BCUT2D eigenvalue weighted by Gasteiger charge is 2.18. The smallest absolute Gasteiger partial charge is 0.128 e. The lowest BCUT2D eigenvalue weighted by atomic mass is 9.99. The zero-order valence-corrected chi connectivity index (χ0v) is 13.5. The molecular formula is C17H29FN2. The lowest BCUT2D eigenvalue weighted by Crippen LogP contribution is -2.32. The maximum atomic E-state index is 14.2. The highest BCUT2D eigenvalue weighted by molar-refractivity contribution is 5.54. The van der Waals surface area contributed by atoms with E-state index in [9.17, 15) is 4.39 Å². The number of hydrogen-bond acceptors (Lipinski definition) is 2. The molecular weight excluding hydrogens is 251 g/mol. The SMILES string of the molecule is CCC(N)Cc1c(F)cccc1N(C)C(C)CC(C)C. The van der Waals surface area contributed by atoms with Crippen molar-refractivity contribution in [1.82, 2.24) is 0 Å². The van der Waals surface area contributed by atoms with Crippen molar-refractivity contribution in [3.05, 3.63) is 29.6 Å². The van der Waals surface area contributed by atoms with Gasteiger partial charge in [0.2, 0.25) is 0 Å². The van der Waals surface area contributed by atoms with Crippen LogP contribution in [0.5, 0.6) is 0 Å². The Morgan fingerprint density at radius 1 is 1.25 bits per heavy atom. The average Bonchev–Trinajstić information content (AvgIpc) is 2.39. The molecule has 0 saturated carbocycles. The molecule has 20 heavy (non-hydrogen) atoms. The number of hydrogen-bond donors (Lipinski definition) is 1. The quantitative estimate of drug-likeness (QED) is 0.818. The van der Waals surface area contributed by atoms with Crippen molar-refractivity contribution in [1.29, 1.82) is 0 Å². The van der Waals surface area contributed by atoms with Gasteiger partial charge in [0.1, 0.15) is 5.82 Å². The Bertz CT molecular complexity index is 417. The normalized spacial score (nSPS) is 14.4. The van der Waals surface area contributed by atoms with E-state index in [1.807, 2.05) is 20.0 Å². The third kappa shape index (κ3) is 4.48. The molecule has 0 fully saturated rings. The van der Waals surface area contributed by atoms with Crippen molar-refractivity contribution in [2.24, 2.45) is 11.7 Å². The molecule has 0 aromatic heterocycles. The zero-order chi connectivity index (χ0) is 15.3. The minimum atomic E-state index is -0.144. The number of benzene rings is 1. The van der Waals surface area contributed by atoms with Gasteiger partial charge in [-0.25, -0.2) is 4.39 Å². The van der Waals surface area contributed by atoms with E-state index < -0.39 is 0 Å². The summed E-state index contributed by atoms with van der Waals surface area (Å²) in [6.45, 7) is 8.65. The van der Waals surface area contributed by atoms with E-state index in [0.29, 0.717) is 18.4 Å². The summed E-state index contributed by atoms with van der Waals surface area (Å²) in [4.78, 5) is 2.18. The molecule has 3 heteroatoms. The van der Waals surface area contributed by atoms with Gasteiger partial charge in [-0.1, -0.05) is 26.8 Å². The molecule has 2 unspecified atom stereocenters. The molecule has 1 aromatic rings. The van der Waals surface area contributed by atoms with Gasteiger partial charge in [-0.2, -0.15) is 0 Å². The summed E-state index contributed by atoms with van der Waals surface area (Å²) in [5.41, 5.74) is 7.74. The Kier molecular flexibility index (Phi) is 6.47. The third-order valence-corrected chi connectivity index (χ3v) is 3.94. The lowest BCUT2D eigenvalue weighted by Gasteiger charge is -2.31. The minimum absolute atomic E-state index is 0.0134. The zero-order valence-electron chi connectivity index (χ0n) is 13.5. The first-order chi connectivity index (χ1) is 9.36. The molecule has 0 aliphatic carbocycles. The molecule has 2 nitrogen and oxygen atoms in total. The van der Waals surface area contributed by atoms with Crippen molar-refractivity contribution in [2.45, 2.75) is 59.0 Å². The lowest BCUT2D eigenvalue weighted by molar-refractivity contribution is 0.501. The van der Waals surface area contributed by atoms with Gasteiger partial charge in [0.25, 0.3) is 0 Å². The summed E-state index contributed by atoms with van der Waals surface area (Å²) < 4.78 is 14.2. The van der Waals surface area contributed by atoms with E-state index in [0.717, 1.165) is 24.1 Å². The van der Waals surface area contributed by atoms with Crippen LogP contribution in [0.15, 0.2) is 18.2 Å². The van der Waals surface area contributed by atoms with Gasteiger partial charge in [-0.3, -0.25) is 0 Å². The summed E-state index contributed by atoms with van der Waals surface area (Å²) in [7, 11) is 2.04. The Balaban J connectivity index is 3.01. The number of nitrogens with zero attached hydrogens (tertiary/aromatic N) is 1. The van der Waals surface area contributed by atoms with Gasteiger partial charge in [0.05, 0.1) is 0 Å². The Morgan fingerprint density at radius 3 is 2.45 bits per heavy atom. The van der Waals surface area contributed by atoms with Crippen LogP contribution in [0, 0.1) is 11.7 Å². The second kappa shape index (κ2) is 7.63. The monoisotopic (exact) mass is 280 g/mol. The van der Waals surface area contributed by atoms with Crippen LogP contribution in [0.3, 0.4) is 0 Å². The van der Waals surface area contributed by atoms with Crippen LogP contribution in [-0.4, -0.2) is 19.1 Å². The van der Waals surface area contributed by atoms with Crippen LogP contribution < -0.4 is 10.6 Å². The molecule has 1 rings (SSSR count). The van der Waals surface area contributed by atoms with E-state index in [1.54, 1.807) is 6.07 Å². The molecule has 0 aliphatic heterocycles. The molecule has 0 amide bonds. The fourth-order valence-corrected chi connectivity index (χ4v) is 2.56. The highest BCUT2D eigenvalue weighted by Crippen LogP contribution is 2.27. The van der Waals surface area contributed by atoms with E-state index >= 15 is 0 Å². The maximum absolute atomic E-state index is 14.2. The maximum Gasteiger partial charge on any atom is 0.128 e. The van der Waals surface area contributed by atoms with Gasteiger partial charge in [-0.15, -0.1) is 0 Å².